The van der Waals surface area contributed by atoms with Crippen LogP contribution in [0.15, 0.2) is 60.8 Å². The molecule has 116 valence electrons. The van der Waals surface area contributed by atoms with E-state index in [9.17, 15) is 4.79 Å². The molecular formula is C18H18N4O. The van der Waals surface area contributed by atoms with Crippen LogP contribution < -0.4 is 5.32 Å². The molecule has 3 aromatic rings. The highest BCUT2D eigenvalue weighted by atomic mass is 16.1. The van der Waals surface area contributed by atoms with E-state index in [0.717, 1.165) is 16.9 Å². The Balaban J connectivity index is 1.55. The van der Waals surface area contributed by atoms with Crippen molar-refractivity contribution in [3.05, 3.63) is 77.6 Å². The van der Waals surface area contributed by atoms with Crippen LogP contribution in [0.5, 0.6) is 0 Å². The third kappa shape index (κ3) is 4.03. The molecule has 0 unspecified atom stereocenters. The Hall–Kier alpha value is -2.95. The Labute approximate surface area is 135 Å². The van der Waals surface area contributed by atoms with E-state index < -0.39 is 0 Å². The van der Waals surface area contributed by atoms with Crippen LogP contribution in [-0.2, 0) is 17.8 Å². The van der Waals surface area contributed by atoms with E-state index in [2.05, 4.69) is 15.5 Å². The van der Waals surface area contributed by atoms with Gasteiger partial charge in [0.15, 0.2) is 0 Å². The summed E-state index contributed by atoms with van der Waals surface area (Å²) in [4.78, 5) is 13.5. The van der Waals surface area contributed by atoms with Gasteiger partial charge in [0.25, 0.3) is 0 Å². The minimum absolute atomic E-state index is 0.0249. The number of amides is 1. The van der Waals surface area contributed by atoms with Crippen LogP contribution >= 0.6 is 0 Å². The fraction of sp³-hybridized carbons (Fsp3) is 0.167. The lowest BCUT2D eigenvalue weighted by Gasteiger charge is -2.04. The van der Waals surface area contributed by atoms with Crippen LogP contribution in [0.25, 0.3) is 5.69 Å². The highest BCUT2D eigenvalue weighted by Gasteiger charge is 2.06. The zero-order valence-corrected chi connectivity index (χ0v) is 12.9. The van der Waals surface area contributed by atoms with Crippen LogP contribution in [0.2, 0.25) is 0 Å². The molecule has 1 N–H and O–H groups in total. The Bertz CT molecular complexity index is 778. The van der Waals surface area contributed by atoms with Gasteiger partial charge in [0.05, 0.1) is 24.8 Å². The largest absolute Gasteiger partial charge is 0.350 e. The van der Waals surface area contributed by atoms with Crippen molar-refractivity contribution in [2.45, 2.75) is 19.9 Å². The number of nitrogens with one attached hydrogen (secondary N) is 1. The summed E-state index contributed by atoms with van der Waals surface area (Å²) in [5.41, 5.74) is 3.81. The molecule has 0 radical (unpaired) electrons. The first-order chi connectivity index (χ1) is 11.2. The number of benzene rings is 2. The molecule has 0 fully saturated rings. The van der Waals surface area contributed by atoms with Gasteiger partial charge in [0, 0.05) is 0 Å². The molecule has 0 spiro atoms. The van der Waals surface area contributed by atoms with Crippen molar-refractivity contribution in [2.24, 2.45) is 0 Å². The first-order valence-electron chi connectivity index (χ1n) is 7.49. The summed E-state index contributed by atoms with van der Waals surface area (Å²) in [5, 5.41) is 11.4. The fourth-order valence-electron chi connectivity index (χ4n) is 2.20. The molecule has 3 rings (SSSR count). The molecule has 0 aliphatic heterocycles. The predicted octanol–water partition coefficient (Wildman–Crippen LogP) is 2.43. The van der Waals surface area contributed by atoms with Crippen molar-refractivity contribution < 1.29 is 4.79 Å². The van der Waals surface area contributed by atoms with Crippen molar-refractivity contribution in [3.63, 3.8) is 0 Å². The van der Waals surface area contributed by atoms with Crippen molar-refractivity contribution in [1.29, 1.82) is 0 Å². The van der Waals surface area contributed by atoms with E-state index in [0.29, 0.717) is 13.0 Å². The third-order valence-corrected chi connectivity index (χ3v) is 3.48. The minimum Gasteiger partial charge on any atom is -0.350 e. The van der Waals surface area contributed by atoms with Crippen LogP contribution in [0.1, 0.15) is 16.8 Å². The normalized spacial score (nSPS) is 10.5. The number of hydrogen-bond donors (Lipinski definition) is 1. The van der Waals surface area contributed by atoms with Crippen LogP contribution in [0, 0.1) is 6.92 Å². The quantitative estimate of drug-likeness (QED) is 0.787. The topological polar surface area (TPSA) is 59.8 Å². The average molecular weight is 306 g/mol. The van der Waals surface area contributed by atoms with Gasteiger partial charge in [-0.2, -0.15) is 15.0 Å². The average Bonchev–Trinajstić information content (AvgIpc) is 3.05. The van der Waals surface area contributed by atoms with E-state index in [1.165, 1.54) is 5.56 Å². The second-order valence-electron chi connectivity index (χ2n) is 5.40. The lowest BCUT2D eigenvalue weighted by atomic mass is 10.1. The van der Waals surface area contributed by atoms with Gasteiger partial charge in [-0.05, 0) is 24.6 Å². The molecule has 0 atom stereocenters. The van der Waals surface area contributed by atoms with Gasteiger partial charge in [-0.3, -0.25) is 4.79 Å². The maximum atomic E-state index is 12.0. The number of aromatic nitrogens is 3. The third-order valence-electron chi connectivity index (χ3n) is 3.48. The van der Waals surface area contributed by atoms with E-state index in [1.54, 1.807) is 11.0 Å². The molecule has 1 amide bonds. The number of hydrogen-bond acceptors (Lipinski definition) is 3. The van der Waals surface area contributed by atoms with E-state index in [4.69, 9.17) is 0 Å². The zero-order valence-electron chi connectivity index (χ0n) is 12.9. The molecule has 0 saturated carbocycles. The first-order valence-corrected chi connectivity index (χ1v) is 7.49. The van der Waals surface area contributed by atoms with Crippen molar-refractivity contribution >= 4 is 5.91 Å². The lowest BCUT2D eigenvalue weighted by Crippen LogP contribution is -2.24. The van der Waals surface area contributed by atoms with Gasteiger partial charge in [-0.1, -0.05) is 48.0 Å². The Kier molecular flexibility index (Phi) is 4.47. The molecule has 0 aliphatic rings. The van der Waals surface area contributed by atoms with Crippen LogP contribution in [-0.4, -0.2) is 20.9 Å². The summed E-state index contributed by atoms with van der Waals surface area (Å²) in [7, 11) is 0. The summed E-state index contributed by atoms with van der Waals surface area (Å²) < 4.78 is 0. The number of nitrogens with zero attached hydrogens (tertiary/aromatic N) is 3. The Morgan fingerprint density at radius 1 is 1.09 bits per heavy atom. The van der Waals surface area contributed by atoms with Crippen LogP contribution in [0.3, 0.4) is 0 Å². The molecule has 0 saturated heterocycles. The molecule has 2 aromatic carbocycles. The molecule has 1 heterocycles. The molecule has 0 aliphatic carbocycles. The zero-order chi connectivity index (χ0) is 16.1. The van der Waals surface area contributed by atoms with Gasteiger partial charge >= 0.3 is 0 Å². The molecule has 1 aromatic heterocycles. The first kappa shape index (κ1) is 15.0. The SMILES string of the molecule is Cc1ccc(CC(=O)NCc2cnn(-c3ccccc3)n2)cc1. The van der Waals surface area contributed by atoms with Gasteiger partial charge < -0.3 is 5.32 Å². The second-order valence-corrected chi connectivity index (χ2v) is 5.40. The van der Waals surface area contributed by atoms with Crippen molar-refractivity contribution in [1.82, 2.24) is 20.3 Å². The molecule has 23 heavy (non-hydrogen) atoms. The van der Waals surface area contributed by atoms with Gasteiger partial charge in [-0.15, -0.1) is 0 Å². The monoisotopic (exact) mass is 306 g/mol. The summed E-state index contributed by atoms with van der Waals surface area (Å²) in [6.45, 7) is 2.40. The van der Waals surface area contributed by atoms with Crippen molar-refractivity contribution in [3.8, 4) is 5.69 Å². The number of carbonyl (C=O) groups is 1. The predicted molar refractivity (Wildman–Crippen MR) is 88.1 cm³/mol. The molecule has 0 bridgehead atoms. The Morgan fingerprint density at radius 3 is 2.57 bits per heavy atom. The summed E-state index contributed by atoms with van der Waals surface area (Å²) in [5.74, 6) is -0.0249. The van der Waals surface area contributed by atoms with E-state index >= 15 is 0 Å². The van der Waals surface area contributed by atoms with E-state index in [1.807, 2.05) is 61.5 Å². The number of para-hydroxylation sites is 1. The standard InChI is InChI=1S/C18H18N4O/c1-14-7-9-15(10-8-14)11-18(23)19-12-16-13-20-22(21-16)17-5-3-2-4-6-17/h2-10,13H,11-12H2,1H3,(H,19,23). The maximum absolute atomic E-state index is 12.0. The molecule has 5 heteroatoms. The summed E-state index contributed by atoms with van der Waals surface area (Å²) in [6.07, 6.45) is 2.03. The number of carbonyl (C=O) groups excluding carboxylic acids is 1. The molecular weight excluding hydrogens is 288 g/mol. The fourth-order valence-corrected chi connectivity index (χ4v) is 2.20. The number of rotatable bonds is 5. The van der Waals surface area contributed by atoms with E-state index in [-0.39, 0.29) is 5.91 Å². The maximum Gasteiger partial charge on any atom is 0.224 e. The lowest BCUT2D eigenvalue weighted by molar-refractivity contribution is -0.120. The smallest absolute Gasteiger partial charge is 0.224 e. The summed E-state index contributed by atoms with van der Waals surface area (Å²) >= 11 is 0. The van der Waals surface area contributed by atoms with Gasteiger partial charge in [0.2, 0.25) is 5.91 Å². The highest BCUT2D eigenvalue weighted by Crippen LogP contribution is 2.05. The second kappa shape index (κ2) is 6.87. The molecule has 5 nitrogen and oxygen atoms in total. The van der Waals surface area contributed by atoms with Crippen molar-refractivity contribution in [2.75, 3.05) is 0 Å². The number of aryl methyl sites for hydroxylation is 1. The highest BCUT2D eigenvalue weighted by molar-refractivity contribution is 5.78. The summed E-state index contributed by atoms with van der Waals surface area (Å²) in [6, 6.07) is 17.6. The van der Waals surface area contributed by atoms with Gasteiger partial charge in [0.1, 0.15) is 5.69 Å². The minimum atomic E-state index is -0.0249. The van der Waals surface area contributed by atoms with Gasteiger partial charge in [-0.25, -0.2) is 0 Å². The Morgan fingerprint density at radius 2 is 1.83 bits per heavy atom. The van der Waals surface area contributed by atoms with Crippen LogP contribution in [0.4, 0.5) is 0 Å².